The number of hydrogen-bond donors (Lipinski definition) is 1. The monoisotopic (exact) mass is 286 g/mol. The molecule has 0 spiro atoms. The number of aryl methyl sites for hydroxylation is 1. The minimum absolute atomic E-state index is 0.467. The number of benzene rings is 1. The van der Waals surface area contributed by atoms with E-state index in [4.69, 9.17) is 4.42 Å². The maximum Gasteiger partial charge on any atom is 0.320 e. The number of para-hydroxylation sites is 1. The zero-order valence-corrected chi connectivity index (χ0v) is 12.3. The summed E-state index contributed by atoms with van der Waals surface area (Å²) in [6.07, 6.45) is 5.99. The Bertz CT molecular complexity index is 534. The zero-order valence-electron chi connectivity index (χ0n) is 12.3. The molecule has 3 rings (SSSR count). The van der Waals surface area contributed by atoms with Crippen LogP contribution in [-0.4, -0.2) is 34.7 Å². The molecule has 1 aliphatic rings. The molecule has 0 amide bonds. The highest BCUT2D eigenvalue weighted by Crippen LogP contribution is 2.15. The highest BCUT2D eigenvalue weighted by Gasteiger charge is 2.11. The van der Waals surface area contributed by atoms with Crippen LogP contribution >= 0.6 is 0 Å². The summed E-state index contributed by atoms with van der Waals surface area (Å²) in [4.78, 5) is 2.53. The van der Waals surface area contributed by atoms with Crippen molar-refractivity contribution in [2.75, 3.05) is 25.0 Å². The molecule has 21 heavy (non-hydrogen) atoms. The summed E-state index contributed by atoms with van der Waals surface area (Å²) in [5.74, 6) is 0.713. The molecule has 0 radical (unpaired) electrons. The Morgan fingerprint density at radius 1 is 1.05 bits per heavy atom. The van der Waals surface area contributed by atoms with Gasteiger partial charge in [-0.25, -0.2) is 0 Å². The molecule has 2 heterocycles. The van der Waals surface area contributed by atoms with E-state index in [1.165, 1.54) is 32.4 Å². The highest BCUT2D eigenvalue weighted by molar-refractivity contribution is 5.50. The summed E-state index contributed by atoms with van der Waals surface area (Å²) in [5, 5.41) is 11.2. The second-order valence-electron chi connectivity index (χ2n) is 5.50. The first kappa shape index (κ1) is 14.1. The Morgan fingerprint density at radius 2 is 1.86 bits per heavy atom. The van der Waals surface area contributed by atoms with Crippen LogP contribution in [0.2, 0.25) is 0 Å². The van der Waals surface area contributed by atoms with Crippen molar-refractivity contribution in [3.63, 3.8) is 0 Å². The third-order valence-electron chi connectivity index (χ3n) is 3.81. The summed E-state index contributed by atoms with van der Waals surface area (Å²) in [6.45, 7) is 3.61. The number of likely N-dealkylation sites (tertiary alicyclic amines) is 1. The van der Waals surface area contributed by atoms with E-state index < -0.39 is 0 Å². The fourth-order valence-corrected chi connectivity index (χ4v) is 2.69. The van der Waals surface area contributed by atoms with E-state index in [0.717, 1.165) is 25.1 Å². The minimum Gasteiger partial charge on any atom is -0.408 e. The Morgan fingerprint density at radius 3 is 2.67 bits per heavy atom. The lowest BCUT2D eigenvalue weighted by atomic mass is 10.1. The predicted molar refractivity (Wildman–Crippen MR) is 82.6 cm³/mol. The Balaban J connectivity index is 1.44. The molecule has 2 aromatic rings. The smallest absolute Gasteiger partial charge is 0.320 e. The summed E-state index contributed by atoms with van der Waals surface area (Å²) in [6, 6.07) is 10.3. The van der Waals surface area contributed by atoms with Gasteiger partial charge < -0.3 is 14.6 Å². The van der Waals surface area contributed by atoms with Crippen molar-refractivity contribution >= 4 is 11.7 Å². The normalized spacial score (nSPS) is 16.0. The number of anilines is 2. The Hall–Kier alpha value is -1.88. The van der Waals surface area contributed by atoms with Gasteiger partial charge in [0.2, 0.25) is 5.89 Å². The van der Waals surface area contributed by atoms with Crippen molar-refractivity contribution in [3.05, 3.63) is 36.2 Å². The van der Waals surface area contributed by atoms with Crippen molar-refractivity contribution < 1.29 is 4.42 Å². The first-order valence-electron chi connectivity index (χ1n) is 7.77. The minimum atomic E-state index is 0.467. The summed E-state index contributed by atoms with van der Waals surface area (Å²) in [5.41, 5.74) is 0.959. The van der Waals surface area contributed by atoms with E-state index in [-0.39, 0.29) is 0 Å². The molecular formula is C16H22N4O. The first-order valence-corrected chi connectivity index (χ1v) is 7.77. The number of nitrogens with zero attached hydrogens (tertiary/aromatic N) is 3. The number of aromatic nitrogens is 2. The molecule has 0 atom stereocenters. The van der Waals surface area contributed by atoms with Gasteiger partial charge in [-0.05, 0) is 51.0 Å². The number of nitrogens with one attached hydrogen (secondary N) is 1. The van der Waals surface area contributed by atoms with Crippen molar-refractivity contribution in [2.24, 2.45) is 0 Å². The lowest BCUT2D eigenvalue weighted by Crippen LogP contribution is -2.30. The molecule has 1 aromatic carbocycles. The van der Waals surface area contributed by atoms with Gasteiger partial charge in [-0.3, -0.25) is 0 Å². The van der Waals surface area contributed by atoms with Crippen LogP contribution < -0.4 is 5.32 Å². The average Bonchev–Trinajstić information content (AvgIpc) is 2.97. The average molecular weight is 286 g/mol. The Kier molecular flexibility index (Phi) is 4.84. The van der Waals surface area contributed by atoms with Gasteiger partial charge in [-0.1, -0.05) is 29.7 Å². The van der Waals surface area contributed by atoms with Crippen LogP contribution in [0.25, 0.3) is 0 Å². The molecule has 1 aliphatic heterocycles. The molecule has 5 heteroatoms. The van der Waals surface area contributed by atoms with Crippen molar-refractivity contribution in [1.29, 1.82) is 0 Å². The molecule has 0 bridgehead atoms. The summed E-state index contributed by atoms with van der Waals surface area (Å²) in [7, 11) is 0. The largest absolute Gasteiger partial charge is 0.408 e. The van der Waals surface area contributed by atoms with Gasteiger partial charge in [0, 0.05) is 12.1 Å². The van der Waals surface area contributed by atoms with Crippen LogP contribution in [0.1, 0.15) is 31.6 Å². The molecule has 0 unspecified atom stereocenters. The van der Waals surface area contributed by atoms with E-state index in [2.05, 4.69) is 20.4 Å². The lowest BCUT2D eigenvalue weighted by Gasteiger charge is -2.25. The van der Waals surface area contributed by atoms with Crippen molar-refractivity contribution in [2.45, 2.75) is 32.1 Å². The van der Waals surface area contributed by atoms with Crippen LogP contribution in [0.4, 0.5) is 11.7 Å². The molecule has 112 valence electrons. The number of hydrogen-bond acceptors (Lipinski definition) is 5. The van der Waals surface area contributed by atoms with Gasteiger partial charge in [0.25, 0.3) is 0 Å². The van der Waals surface area contributed by atoms with Crippen molar-refractivity contribution in [3.8, 4) is 0 Å². The SMILES string of the molecule is c1ccc(Nc2nnc(CCCN3CCCCC3)o2)cc1. The zero-order chi connectivity index (χ0) is 14.3. The summed E-state index contributed by atoms with van der Waals surface area (Å²) < 4.78 is 5.63. The van der Waals surface area contributed by atoms with Crippen LogP contribution in [0.5, 0.6) is 0 Å². The molecule has 5 nitrogen and oxygen atoms in total. The number of piperidine rings is 1. The predicted octanol–water partition coefficient (Wildman–Crippen LogP) is 3.23. The van der Waals surface area contributed by atoms with E-state index in [1.807, 2.05) is 30.3 Å². The van der Waals surface area contributed by atoms with E-state index in [9.17, 15) is 0 Å². The quantitative estimate of drug-likeness (QED) is 0.883. The van der Waals surface area contributed by atoms with Crippen LogP contribution in [-0.2, 0) is 6.42 Å². The van der Waals surface area contributed by atoms with Gasteiger partial charge >= 0.3 is 6.01 Å². The van der Waals surface area contributed by atoms with E-state index in [0.29, 0.717) is 11.9 Å². The number of rotatable bonds is 6. The second-order valence-corrected chi connectivity index (χ2v) is 5.50. The topological polar surface area (TPSA) is 54.2 Å². The van der Waals surface area contributed by atoms with Gasteiger partial charge in [0.15, 0.2) is 0 Å². The second kappa shape index (κ2) is 7.22. The standard InChI is InChI=1S/C16H22N4O/c1-3-8-14(9-4-1)17-16-19-18-15(21-16)10-7-13-20-11-5-2-6-12-20/h1,3-4,8-9H,2,5-7,10-13H2,(H,17,19). The molecule has 1 N–H and O–H groups in total. The molecule has 1 saturated heterocycles. The molecular weight excluding hydrogens is 264 g/mol. The maximum atomic E-state index is 5.63. The summed E-state index contributed by atoms with van der Waals surface area (Å²) >= 11 is 0. The lowest BCUT2D eigenvalue weighted by molar-refractivity contribution is 0.225. The molecule has 0 aliphatic carbocycles. The van der Waals surface area contributed by atoms with Crippen molar-refractivity contribution in [1.82, 2.24) is 15.1 Å². The fourth-order valence-electron chi connectivity index (χ4n) is 2.69. The van der Waals surface area contributed by atoms with E-state index >= 15 is 0 Å². The van der Waals surface area contributed by atoms with E-state index in [1.54, 1.807) is 0 Å². The molecule has 0 saturated carbocycles. The van der Waals surface area contributed by atoms with Gasteiger partial charge in [-0.2, -0.15) is 0 Å². The molecule has 1 aromatic heterocycles. The van der Waals surface area contributed by atoms with Gasteiger partial charge in [-0.15, -0.1) is 5.10 Å². The van der Waals surface area contributed by atoms with Gasteiger partial charge in [0.05, 0.1) is 0 Å². The maximum absolute atomic E-state index is 5.63. The fraction of sp³-hybridized carbons (Fsp3) is 0.500. The third kappa shape index (κ3) is 4.29. The van der Waals surface area contributed by atoms with Crippen LogP contribution in [0, 0.1) is 0 Å². The molecule has 1 fully saturated rings. The van der Waals surface area contributed by atoms with Gasteiger partial charge in [0.1, 0.15) is 0 Å². The third-order valence-corrected chi connectivity index (χ3v) is 3.81. The Labute approximate surface area is 125 Å². The first-order chi connectivity index (χ1) is 10.4. The van der Waals surface area contributed by atoms with Crippen LogP contribution in [0.3, 0.4) is 0 Å². The van der Waals surface area contributed by atoms with Crippen LogP contribution in [0.15, 0.2) is 34.7 Å². The highest BCUT2D eigenvalue weighted by atomic mass is 16.4.